The maximum Gasteiger partial charge on any atom is 0.181 e. The van der Waals surface area contributed by atoms with E-state index in [1.807, 2.05) is 0 Å². The molecule has 3 heteroatoms. The number of hydrogen-bond donors (Lipinski definition) is 0. The molecule has 4 aliphatic carbocycles. The zero-order valence-electron chi connectivity index (χ0n) is 12.5. The van der Waals surface area contributed by atoms with E-state index in [0.29, 0.717) is 16.2 Å². The Morgan fingerprint density at radius 2 is 1.90 bits per heavy atom. The fraction of sp³-hybridized carbons (Fsp3) is 0.824. The second-order valence-electron chi connectivity index (χ2n) is 8.66. The summed E-state index contributed by atoms with van der Waals surface area (Å²) < 4.78 is 5.72. The number of oxazole rings is 1. The van der Waals surface area contributed by atoms with Gasteiger partial charge in [-0.2, -0.15) is 0 Å². The SMILES string of the molecule is CC12CC3CC(C)(C1)CC(Cc1ocnc1CBr)(C3)C2. The monoisotopic (exact) mass is 337 g/mol. The quantitative estimate of drug-likeness (QED) is 0.716. The maximum absolute atomic E-state index is 5.72. The molecule has 0 amide bonds. The number of halogens is 1. The lowest BCUT2D eigenvalue weighted by atomic mass is 9.40. The van der Waals surface area contributed by atoms with Crippen LogP contribution in [-0.4, -0.2) is 4.98 Å². The van der Waals surface area contributed by atoms with E-state index in [9.17, 15) is 0 Å². The van der Waals surface area contributed by atoms with Crippen LogP contribution in [0.25, 0.3) is 0 Å². The Bertz CT molecular complexity index is 519. The molecule has 1 heterocycles. The number of hydrogen-bond acceptors (Lipinski definition) is 2. The zero-order valence-corrected chi connectivity index (χ0v) is 14.1. The summed E-state index contributed by atoms with van der Waals surface area (Å²) in [5, 5.41) is 0.812. The predicted molar refractivity (Wildman–Crippen MR) is 82.7 cm³/mol. The molecule has 2 nitrogen and oxygen atoms in total. The van der Waals surface area contributed by atoms with Crippen molar-refractivity contribution in [2.75, 3.05) is 0 Å². The molecule has 2 atom stereocenters. The van der Waals surface area contributed by atoms with E-state index >= 15 is 0 Å². The van der Waals surface area contributed by atoms with Crippen molar-refractivity contribution in [1.29, 1.82) is 0 Å². The summed E-state index contributed by atoms with van der Waals surface area (Å²) in [4.78, 5) is 4.35. The van der Waals surface area contributed by atoms with Gasteiger partial charge in [0.15, 0.2) is 6.39 Å². The van der Waals surface area contributed by atoms with Crippen LogP contribution in [0.2, 0.25) is 0 Å². The van der Waals surface area contributed by atoms with Crippen LogP contribution >= 0.6 is 15.9 Å². The van der Waals surface area contributed by atoms with Crippen molar-refractivity contribution in [3.63, 3.8) is 0 Å². The van der Waals surface area contributed by atoms with Crippen molar-refractivity contribution in [3.05, 3.63) is 17.8 Å². The zero-order chi connectivity index (χ0) is 14.0. The standard InChI is InChI=1S/C17H24BrNO/c1-15-3-12-4-16(2,8-15)10-17(5-12,9-15)6-14-13(7-18)19-11-20-14/h11-12H,3-10H2,1-2H3. The molecule has 0 spiro atoms. The van der Waals surface area contributed by atoms with Crippen molar-refractivity contribution >= 4 is 15.9 Å². The van der Waals surface area contributed by atoms with E-state index in [4.69, 9.17) is 4.42 Å². The average molecular weight is 338 g/mol. The molecule has 4 fully saturated rings. The average Bonchev–Trinajstić information content (AvgIpc) is 2.70. The third kappa shape index (κ3) is 2.00. The van der Waals surface area contributed by atoms with Gasteiger partial charge in [-0.05, 0) is 60.7 Å². The largest absolute Gasteiger partial charge is 0.448 e. The fourth-order valence-electron chi connectivity index (χ4n) is 6.77. The summed E-state index contributed by atoms with van der Waals surface area (Å²) in [7, 11) is 0. The predicted octanol–water partition coefficient (Wildman–Crippen LogP) is 5.11. The van der Waals surface area contributed by atoms with Crippen LogP contribution in [0, 0.1) is 22.2 Å². The van der Waals surface area contributed by atoms with Crippen LogP contribution in [0.3, 0.4) is 0 Å². The van der Waals surface area contributed by atoms with Crippen molar-refractivity contribution < 1.29 is 4.42 Å². The highest BCUT2D eigenvalue weighted by molar-refractivity contribution is 9.08. The molecule has 0 aliphatic heterocycles. The first-order valence-corrected chi connectivity index (χ1v) is 9.03. The third-order valence-corrected chi connectivity index (χ3v) is 6.66. The smallest absolute Gasteiger partial charge is 0.181 e. The van der Waals surface area contributed by atoms with Gasteiger partial charge < -0.3 is 4.42 Å². The van der Waals surface area contributed by atoms with Gasteiger partial charge in [0, 0.05) is 11.8 Å². The number of rotatable bonds is 3. The molecule has 1 aromatic rings. The Kier molecular flexibility index (Phi) is 2.75. The lowest BCUT2D eigenvalue weighted by Crippen LogP contribution is -2.55. The molecule has 0 N–H and O–H groups in total. The summed E-state index contributed by atoms with van der Waals surface area (Å²) in [6, 6.07) is 0. The molecule has 1 aromatic heterocycles. The van der Waals surface area contributed by atoms with Crippen LogP contribution in [-0.2, 0) is 11.8 Å². The molecule has 110 valence electrons. The Hall–Kier alpha value is -0.310. The lowest BCUT2D eigenvalue weighted by Gasteiger charge is -2.65. The Labute approximate surface area is 129 Å². The van der Waals surface area contributed by atoms with E-state index in [1.54, 1.807) is 6.39 Å². The van der Waals surface area contributed by atoms with E-state index in [1.165, 1.54) is 38.5 Å². The summed E-state index contributed by atoms with van der Waals surface area (Å²) in [6.07, 6.45) is 11.3. The second kappa shape index (κ2) is 4.12. The van der Waals surface area contributed by atoms with Crippen LogP contribution in [0.1, 0.15) is 63.8 Å². The molecule has 20 heavy (non-hydrogen) atoms. The fourth-order valence-corrected chi connectivity index (χ4v) is 7.23. The molecule has 5 rings (SSSR count). The maximum atomic E-state index is 5.72. The van der Waals surface area contributed by atoms with Gasteiger partial charge in [0.25, 0.3) is 0 Å². The van der Waals surface area contributed by atoms with Gasteiger partial charge in [0.05, 0.1) is 5.69 Å². The second-order valence-corrected chi connectivity index (χ2v) is 9.22. The number of nitrogens with zero attached hydrogens (tertiary/aromatic N) is 1. The molecule has 0 aromatic carbocycles. The highest BCUT2D eigenvalue weighted by Crippen LogP contribution is 2.70. The van der Waals surface area contributed by atoms with Gasteiger partial charge in [0.1, 0.15) is 5.76 Å². The third-order valence-electron chi connectivity index (χ3n) is 6.13. The molecule has 4 aliphatic rings. The molecule has 0 radical (unpaired) electrons. The summed E-state index contributed by atoms with van der Waals surface area (Å²) in [6.45, 7) is 5.08. The van der Waals surface area contributed by atoms with Gasteiger partial charge in [-0.1, -0.05) is 29.8 Å². The number of alkyl halides is 1. The molecular formula is C17H24BrNO. The van der Waals surface area contributed by atoms with Crippen LogP contribution in [0.15, 0.2) is 10.8 Å². The minimum atomic E-state index is 0.485. The Balaban J connectivity index is 1.67. The topological polar surface area (TPSA) is 26.0 Å². The van der Waals surface area contributed by atoms with Crippen LogP contribution in [0.4, 0.5) is 0 Å². The van der Waals surface area contributed by atoms with Crippen molar-refractivity contribution in [3.8, 4) is 0 Å². The van der Waals surface area contributed by atoms with Crippen molar-refractivity contribution in [2.24, 2.45) is 22.2 Å². The normalized spacial score (nSPS) is 46.0. The van der Waals surface area contributed by atoms with Gasteiger partial charge in [-0.25, -0.2) is 4.98 Å². The minimum absolute atomic E-state index is 0.485. The highest BCUT2D eigenvalue weighted by Gasteiger charge is 2.60. The van der Waals surface area contributed by atoms with E-state index in [2.05, 4.69) is 34.8 Å². The first kappa shape index (κ1) is 13.4. The minimum Gasteiger partial charge on any atom is -0.448 e. The van der Waals surface area contributed by atoms with Crippen LogP contribution in [0.5, 0.6) is 0 Å². The van der Waals surface area contributed by atoms with Crippen molar-refractivity contribution in [2.45, 2.75) is 64.1 Å². The van der Waals surface area contributed by atoms with E-state index < -0.39 is 0 Å². The highest BCUT2D eigenvalue weighted by atomic mass is 79.9. The molecule has 4 bridgehead atoms. The van der Waals surface area contributed by atoms with E-state index in [0.717, 1.165) is 29.1 Å². The molecule has 4 saturated carbocycles. The number of aromatic nitrogens is 1. The van der Waals surface area contributed by atoms with Gasteiger partial charge >= 0.3 is 0 Å². The van der Waals surface area contributed by atoms with Gasteiger partial charge in [-0.15, -0.1) is 0 Å². The molecular weight excluding hydrogens is 314 g/mol. The van der Waals surface area contributed by atoms with Gasteiger partial charge in [0.2, 0.25) is 0 Å². The summed E-state index contributed by atoms with van der Waals surface area (Å²) in [5.74, 6) is 2.09. The first-order chi connectivity index (χ1) is 9.43. The summed E-state index contributed by atoms with van der Waals surface area (Å²) >= 11 is 3.54. The molecule has 0 saturated heterocycles. The molecule has 2 unspecified atom stereocenters. The first-order valence-electron chi connectivity index (χ1n) is 7.91. The lowest BCUT2D eigenvalue weighted by molar-refractivity contribution is -0.145. The summed E-state index contributed by atoms with van der Waals surface area (Å²) in [5.41, 5.74) is 2.77. The van der Waals surface area contributed by atoms with Gasteiger partial charge in [-0.3, -0.25) is 0 Å². The van der Waals surface area contributed by atoms with Crippen LogP contribution < -0.4 is 0 Å². The Morgan fingerprint density at radius 1 is 1.20 bits per heavy atom. The van der Waals surface area contributed by atoms with Crippen molar-refractivity contribution in [1.82, 2.24) is 4.98 Å². The Morgan fingerprint density at radius 3 is 2.50 bits per heavy atom. The van der Waals surface area contributed by atoms with E-state index in [-0.39, 0.29) is 0 Å².